The third kappa shape index (κ3) is 6.40. The van der Waals surface area contributed by atoms with Crippen LogP contribution in [0.2, 0.25) is 0 Å². The number of ether oxygens (including phenoxy) is 2. The van der Waals surface area contributed by atoms with Gasteiger partial charge in [0.25, 0.3) is 0 Å². The summed E-state index contributed by atoms with van der Waals surface area (Å²) < 4.78 is 9.72. The largest absolute Gasteiger partial charge is 0.450 e. The lowest BCUT2D eigenvalue weighted by atomic mass is 10.2. The molecule has 0 aliphatic heterocycles. The first-order chi connectivity index (χ1) is 6.24. The molecular weight excluding hydrogens is 170 g/mol. The molecule has 13 heavy (non-hydrogen) atoms. The molecule has 0 aromatic heterocycles. The third-order valence-corrected chi connectivity index (χ3v) is 1.60. The lowest BCUT2D eigenvalue weighted by Gasteiger charge is -2.16. The molecular formula is C9H19NO3. The molecule has 0 saturated heterocycles. The Morgan fingerprint density at radius 3 is 2.62 bits per heavy atom. The highest BCUT2D eigenvalue weighted by molar-refractivity contribution is 5.67. The summed E-state index contributed by atoms with van der Waals surface area (Å²) >= 11 is 0. The lowest BCUT2D eigenvalue weighted by molar-refractivity contribution is 0.127. The molecule has 0 aromatic rings. The minimum absolute atomic E-state index is 0.0639. The first-order valence-electron chi connectivity index (χ1n) is 4.66. The second-order valence-electron chi connectivity index (χ2n) is 2.81. The van der Waals surface area contributed by atoms with Gasteiger partial charge in [-0.15, -0.1) is 0 Å². The fourth-order valence-electron chi connectivity index (χ4n) is 1.09. The van der Waals surface area contributed by atoms with Crippen molar-refractivity contribution in [1.29, 1.82) is 0 Å². The molecule has 0 spiro atoms. The van der Waals surface area contributed by atoms with Gasteiger partial charge in [-0.25, -0.2) is 4.79 Å². The zero-order valence-electron chi connectivity index (χ0n) is 8.63. The van der Waals surface area contributed by atoms with E-state index in [1.54, 1.807) is 14.0 Å². The van der Waals surface area contributed by atoms with Crippen molar-refractivity contribution in [2.75, 3.05) is 20.3 Å². The molecule has 0 bridgehead atoms. The van der Waals surface area contributed by atoms with Crippen LogP contribution in [-0.4, -0.2) is 32.5 Å². The molecule has 78 valence electrons. The van der Waals surface area contributed by atoms with E-state index in [-0.39, 0.29) is 12.1 Å². The van der Waals surface area contributed by atoms with Gasteiger partial charge in [-0.2, -0.15) is 0 Å². The molecule has 0 aliphatic carbocycles. The SMILES string of the molecule is CCCC(COC)NC(=O)OCC. The van der Waals surface area contributed by atoms with Crippen LogP contribution >= 0.6 is 0 Å². The van der Waals surface area contributed by atoms with E-state index in [1.165, 1.54) is 0 Å². The van der Waals surface area contributed by atoms with Crippen LogP contribution in [0.25, 0.3) is 0 Å². The van der Waals surface area contributed by atoms with Crippen molar-refractivity contribution in [1.82, 2.24) is 5.32 Å². The summed E-state index contributed by atoms with van der Waals surface area (Å²) in [6.45, 7) is 4.78. The molecule has 0 radical (unpaired) electrons. The van der Waals surface area contributed by atoms with E-state index >= 15 is 0 Å². The van der Waals surface area contributed by atoms with Crippen LogP contribution in [0.3, 0.4) is 0 Å². The normalized spacial score (nSPS) is 12.2. The van der Waals surface area contributed by atoms with Crippen molar-refractivity contribution < 1.29 is 14.3 Å². The van der Waals surface area contributed by atoms with E-state index in [0.717, 1.165) is 12.8 Å². The van der Waals surface area contributed by atoms with Gasteiger partial charge in [0.2, 0.25) is 0 Å². The predicted molar refractivity (Wildman–Crippen MR) is 50.7 cm³/mol. The van der Waals surface area contributed by atoms with Crippen LogP contribution in [0.5, 0.6) is 0 Å². The summed E-state index contributed by atoms with van der Waals surface area (Å²) in [7, 11) is 1.62. The average Bonchev–Trinajstić information content (AvgIpc) is 2.05. The van der Waals surface area contributed by atoms with E-state index in [4.69, 9.17) is 9.47 Å². The molecule has 0 aliphatic rings. The van der Waals surface area contributed by atoms with Crippen molar-refractivity contribution in [2.45, 2.75) is 32.7 Å². The second kappa shape index (κ2) is 7.86. The Labute approximate surface area is 79.6 Å². The van der Waals surface area contributed by atoms with Crippen LogP contribution in [-0.2, 0) is 9.47 Å². The van der Waals surface area contributed by atoms with Crippen molar-refractivity contribution in [2.24, 2.45) is 0 Å². The summed E-state index contributed by atoms with van der Waals surface area (Å²) in [6.07, 6.45) is 1.56. The Kier molecular flexibility index (Phi) is 7.39. The van der Waals surface area contributed by atoms with Crippen molar-refractivity contribution >= 4 is 6.09 Å². The third-order valence-electron chi connectivity index (χ3n) is 1.60. The minimum Gasteiger partial charge on any atom is -0.450 e. The molecule has 0 saturated carbocycles. The summed E-state index contributed by atoms with van der Waals surface area (Å²) in [4.78, 5) is 11.0. The summed E-state index contributed by atoms with van der Waals surface area (Å²) in [5.41, 5.74) is 0. The smallest absolute Gasteiger partial charge is 0.407 e. The van der Waals surface area contributed by atoms with Crippen LogP contribution in [0.15, 0.2) is 0 Å². The minimum atomic E-state index is -0.363. The number of nitrogens with one attached hydrogen (secondary N) is 1. The zero-order chi connectivity index (χ0) is 10.1. The number of alkyl carbamates (subject to hydrolysis) is 1. The number of carbonyl (C=O) groups is 1. The second-order valence-corrected chi connectivity index (χ2v) is 2.81. The zero-order valence-corrected chi connectivity index (χ0v) is 8.63. The number of rotatable bonds is 6. The molecule has 0 rings (SSSR count). The first-order valence-corrected chi connectivity index (χ1v) is 4.66. The van der Waals surface area contributed by atoms with Gasteiger partial charge >= 0.3 is 6.09 Å². The Balaban J connectivity index is 3.71. The Morgan fingerprint density at radius 1 is 1.46 bits per heavy atom. The van der Waals surface area contributed by atoms with Crippen LogP contribution in [0.1, 0.15) is 26.7 Å². The molecule has 1 unspecified atom stereocenters. The van der Waals surface area contributed by atoms with E-state index in [9.17, 15) is 4.79 Å². The van der Waals surface area contributed by atoms with Gasteiger partial charge < -0.3 is 14.8 Å². The first kappa shape index (κ1) is 12.2. The Morgan fingerprint density at radius 2 is 2.15 bits per heavy atom. The number of hydrogen-bond acceptors (Lipinski definition) is 3. The quantitative estimate of drug-likeness (QED) is 0.689. The highest BCUT2D eigenvalue weighted by atomic mass is 16.5. The number of hydrogen-bond donors (Lipinski definition) is 1. The Hall–Kier alpha value is -0.770. The molecule has 4 nitrogen and oxygen atoms in total. The molecule has 0 heterocycles. The van der Waals surface area contributed by atoms with Gasteiger partial charge in [0.1, 0.15) is 0 Å². The van der Waals surface area contributed by atoms with Gasteiger partial charge in [0.05, 0.1) is 19.3 Å². The monoisotopic (exact) mass is 189 g/mol. The summed E-state index contributed by atoms with van der Waals surface area (Å²) in [5.74, 6) is 0. The fourth-order valence-corrected chi connectivity index (χ4v) is 1.09. The molecule has 0 aromatic carbocycles. The predicted octanol–water partition coefficient (Wildman–Crippen LogP) is 1.55. The highest BCUT2D eigenvalue weighted by Crippen LogP contribution is 1.97. The van der Waals surface area contributed by atoms with Gasteiger partial charge in [0, 0.05) is 7.11 Å². The van der Waals surface area contributed by atoms with E-state index in [1.807, 2.05) is 0 Å². The Bertz CT molecular complexity index is 133. The van der Waals surface area contributed by atoms with E-state index in [2.05, 4.69) is 12.2 Å². The fraction of sp³-hybridized carbons (Fsp3) is 0.889. The molecule has 1 N–H and O–H groups in total. The average molecular weight is 189 g/mol. The van der Waals surface area contributed by atoms with Gasteiger partial charge in [0.15, 0.2) is 0 Å². The highest BCUT2D eigenvalue weighted by Gasteiger charge is 2.10. The standard InChI is InChI=1S/C9H19NO3/c1-4-6-8(7-12-3)10-9(11)13-5-2/h8H,4-7H2,1-3H3,(H,10,11). The molecule has 1 amide bonds. The molecule has 0 fully saturated rings. The van der Waals surface area contributed by atoms with Crippen LogP contribution in [0, 0.1) is 0 Å². The topological polar surface area (TPSA) is 47.6 Å². The van der Waals surface area contributed by atoms with Gasteiger partial charge in [-0.05, 0) is 13.3 Å². The van der Waals surface area contributed by atoms with Crippen LogP contribution < -0.4 is 5.32 Å². The lowest BCUT2D eigenvalue weighted by Crippen LogP contribution is -2.38. The molecule has 1 atom stereocenters. The maximum absolute atomic E-state index is 11.0. The van der Waals surface area contributed by atoms with Crippen molar-refractivity contribution in [3.05, 3.63) is 0 Å². The number of methoxy groups -OCH3 is 1. The maximum Gasteiger partial charge on any atom is 0.407 e. The van der Waals surface area contributed by atoms with Gasteiger partial charge in [-0.1, -0.05) is 13.3 Å². The number of carbonyl (C=O) groups excluding carboxylic acids is 1. The van der Waals surface area contributed by atoms with Crippen LogP contribution in [0.4, 0.5) is 4.79 Å². The van der Waals surface area contributed by atoms with Crippen molar-refractivity contribution in [3.8, 4) is 0 Å². The maximum atomic E-state index is 11.0. The van der Waals surface area contributed by atoms with Crippen molar-refractivity contribution in [3.63, 3.8) is 0 Å². The molecule has 4 heteroatoms. The van der Waals surface area contributed by atoms with E-state index in [0.29, 0.717) is 13.2 Å². The summed E-state index contributed by atoms with van der Waals surface area (Å²) in [6, 6.07) is 0.0639. The van der Waals surface area contributed by atoms with Gasteiger partial charge in [-0.3, -0.25) is 0 Å². The summed E-state index contributed by atoms with van der Waals surface area (Å²) in [5, 5.41) is 2.73. The van der Waals surface area contributed by atoms with E-state index < -0.39 is 0 Å². The number of amides is 1.